The summed E-state index contributed by atoms with van der Waals surface area (Å²) < 4.78 is 0. The molecule has 0 spiro atoms. The van der Waals surface area contributed by atoms with Crippen LogP contribution < -0.4 is 0 Å². The quantitative estimate of drug-likeness (QED) is 0.288. The van der Waals surface area contributed by atoms with Crippen LogP contribution in [-0.4, -0.2) is 11.3 Å². The Balaban J connectivity index is 2.21. The normalized spacial score (nSPS) is 11.2. The van der Waals surface area contributed by atoms with Crippen LogP contribution in [0.1, 0.15) is 10.4 Å². The molecule has 3 aromatic carbocycles. The van der Waals surface area contributed by atoms with E-state index < -0.39 is 0 Å². The van der Waals surface area contributed by atoms with Gasteiger partial charge in [-0.2, -0.15) is 0 Å². The molecule has 1 aromatic heterocycles. The van der Waals surface area contributed by atoms with E-state index in [0.717, 1.165) is 38.9 Å². The third-order valence-electron chi connectivity index (χ3n) is 3.66. The smallest absolute Gasteiger partial charge is 0.150 e. The second-order valence-electron chi connectivity index (χ2n) is 4.92. The molecule has 2 heteroatoms. The van der Waals surface area contributed by atoms with Crippen molar-refractivity contribution < 1.29 is 4.79 Å². The third-order valence-corrected chi connectivity index (χ3v) is 3.66. The van der Waals surface area contributed by atoms with Gasteiger partial charge in [-0.15, -0.1) is 0 Å². The van der Waals surface area contributed by atoms with Crippen molar-refractivity contribution in [3.05, 3.63) is 66.2 Å². The van der Waals surface area contributed by atoms with Crippen molar-refractivity contribution in [2.24, 2.45) is 0 Å². The molecule has 20 heavy (non-hydrogen) atoms. The Hall–Kier alpha value is -2.74. The summed E-state index contributed by atoms with van der Waals surface area (Å²) >= 11 is 0. The van der Waals surface area contributed by atoms with Crippen molar-refractivity contribution in [3.63, 3.8) is 0 Å². The van der Waals surface area contributed by atoms with E-state index in [2.05, 4.69) is 24.3 Å². The molecule has 0 saturated carbocycles. The van der Waals surface area contributed by atoms with Crippen LogP contribution in [0.3, 0.4) is 0 Å². The summed E-state index contributed by atoms with van der Waals surface area (Å²) in [5.74, 6) is 0. The topological polar surface area (TPSA) is 30.0 Å². The molecule has 1 heterocycles. The minimum Gasteiger partial charge on any atom is -0.298 e. The van der Waals surface area contributed by atoms with E-state index in [9.17, 15) is 4.79 Å². The molecule has 0 atom stereocenters. The SMILES string of the molecule is O=Cc1ccc2ccc3cc4ccccc4nc3c2c1. The molecule has 0 aliphatic heterocycles. The lowest BCUT2D eigenvalue weighted by atomic mass is 10.0. The molecular weight excluding hydrogens is 246 g/mol. The highest BCUT2D eigenvalue weighted by Gasteiger charge is 2.05. The minimum absolute atomic E-state index is 0.681. The molecule has 0 radical (unpaired) electrons. The molecule has 0 bridgehead atoms. The zero-order valence-corrected chi connectivity index (χ0v) is 10.7. The second-order valence-corrected chi connectivity index (χ2v) is 4.92. The number of carbonyl (C=O) groups excluding carboxylic acids is 1. The van der Waals surface area contributed by atoms with Gasteiger partial charge in [-0.25, -0.2) is 4.98 Å². The highest BCUT2D eigenvalue weighted by Crippen LogP contribution is 2.27. The van der Waals surface area contributed by atoms with Crippen molar-refractivity contribution in [1.29, 1.82) is 0 Å². The van der Waals surface area contributed by atoms with Crippen molar-refractivity contribution in [3.8, 4) is 0 Å². The summed E-state index contributed by atoms with van der Waals surface area (Å²) in [6, 6.07) is 20.1. The summed E-state index contributed by atoms with van der Waals surface area (Å²) in [4.78, 5) is 15.7. The summed E-state index contributed by atoms with van der Waals surface area (Å²) in [5.41, 5.74) is 2.61. The Morgan fingerprint density at radius 3 is 2.50 bits per heavy atom. The van der Waals surface area contributed by atoms with Gasteiger partial charge < -0.3 is 0 Å². The standard InChI is InChI=1S/C18H11NO/c20-11-12-5-6-13-7-8-15-10-14-3-1-2-4-17(14)19-18(15)16(13)9-12/h1-11H. The zero-order valence-electron chi connectivity index (χ0n) is 10.7. The number of para-hydroxylation sites is 1. The number of pyridine rings is 1. The molecule has 0 fully saturated rings. The first kappa shape index (κ1) is 11.1. The van der Waals surface area contributed by atoms with Gasteiger partial charge in [0.1, 0.15) is 6.29 Å². The predicted molar refractivity (Wildman–Crippen MR) is 82.1 cm³/mol. The van der Waals surface area contributed by atoms with Crippen molar-refractivity contribution in [2.45, 2.75) is 0 Å². The van der Waals surface area contributed by atoms with Crippen molar-refractivity contribution in [1.82, 2.24) is 4.98 Å². The van der Waals surface area contributed by atoms with Crippen LogP contribution >= 0.6 is 0 Å². The largest absolute Gasteiger partial charge is 0.298 e. The van der Waals surface area contributed by atoms with Crippen LogP contribution in [0, 0.1) is 0 Å². The average molecular weight is 257 g/mol. The molecule has 0 amide bonds. The number of nitrogens with zero attached hydrogens (tertiary/aromatic N) is 1. The number of aromatic nitrogens is 1. The summed E-state index contributed by atoms with van der Waals surface area (Å²) in [6.45, 7) is 0. The van der Waals surface area contributed by atoms with Gasteiger partial charge in [0.05, 0.1) is 11.0 Å². The Labute approximate surface area is 115 Å². The Morgan fingerprint density at radius 2 is 1.60 bits per heavy atom. The van der Waals surface area contributed by atoms with E-state index in [1.807, 2.05) is 36.4 Å². The summed E-state index contributed by atoms with van der Waals surface area (Å²) in [6.07, 6.45) is 0.874. The maximum atomic E-state index is 11.0. The van der Waals surface area contributed by atoms with Gasteiger partial charge in [0.15, 0.2) is 0 Å². The molecule has 0 unspecified atom stereocenters. The van der Waals surface area contributed by atoms with Crippen LogP contribution in [-0.2, 0) is 0 Å². The van der Waals surface area contributed by atoms with Crippen LogP contribution in [0.25, 0.3) is 32.6 Å². The Kier molecular flexibility index (Phi) is 2.30. The molecule has 0 aliphatic carbocycles. The van der Waals surface area contributed by atoms with E-state index >= 15 is 0 Å². The van der Waals surface area contributed by atoms with Crippen LogP contribution in [0.4, 0.5) is 0 Å². The first-order chi connectivity index (χ1) is 9.85. The Bertz CT molecular complexity index is 973. The first-order valence-electron chi connectivity index (χ1n) is 6.53. The van der Waals surface area contributed by atoms with Crippen molar-refractivity contribution in [2.75, 3.05) is 0 Å². The van der Waals surface area contributed by atoms with Gasteiger partial charge in [0.25, 0.3) is 0 Å². The predicted octanol–water partition coefficient (Wildman–Crippen LogP) is 4.35. The molecular formula is C18H11NO. The van der Waals surface area contributed by atoms with Gasteiger partial charge in [0, 0.05) is 21.7 Å². The maximum absolute atomic E-state index is 11.0. The van der Waals surface area contributed by atoms with Gasteiger partial charge in [0.2, 0.25) is 0 Å². The third kappa shape index (κ3) is 1.58. The lowest BCUT2D eigenvalue weighted by molar-refractivity contribution is 0.112. The number of hydrogen-bond donors (Lipinski definition) is 0. The van der Waals surface area contributed by atoms with Gasteiger partial charge in [-0.3, -0.25) is 4.79 Å². The van der Waals surface area contributed by atoms with E-state index in [0.29, 0.717) is 5.56 Å². The molecule has 0 N–H and O–H groups in total. The molecule has 2 nitrogen and oxygen atoms in total. The summed E-state index contributed by atoms with van der Waals surface area (Å²) in [5, 5.41) is 4.36. The number of carbonyl (C=O) groups is 1. The Morgan fingerprint density at radius 1 is 0.800 bits per heavy atom. The lowest BCUT2D eigenvalue weighted by Crippen LogP contribution is -1.86. The summed E-state index contributed by atoms with van der Waals surface area (Å²) in [7, 11) is 0. The molecule has 0 saturated heterocycles. The average Bonchev–Trinajstić information content (AvgIpc) is 2.52. The molecule has 94 valence electrons. The number of rotatable bonds is 1. The number of aldehydes is 1. The fraction of sp³-hybridized carbons (Fsp3) is 0. The van der Waals surface area contributed by atoms with Crippen LogP contribution in [0.15, 0.2) is 60.7 Å². The van der Waals surface area contributed by atoms with Gasteiger partial charge >= 0.3 is 0 Å². The van der Waals surface area contributed by atoms with Crippen molar-refractivity contribution >= 4 is 38.9 Å². The highest BCUT2D eigenvalue weighted by molar-refractivity contribution is 6.09. The fourth-order valence-corrected chi connectivity index (χ4v) is 2.65. The maximum Gasteiger partial charge on any atom is 0.150 e. The van der Waals surface area contributed by atoms with E-state index in [-0.39, 0.29) is 0 Å². The number of fused-ring (bicyclic) bond motifs is 4. The minimum atomic E-state index is 0.681. The number of benzene rings is 3. The van der Waals surface area contributed by atoms with Gasteiger partial charge in [-0.05, 0) is 23.6 Å². The fourth-order valence-electron chi connectivity index (χ4n) is 2.65. The molecule has 4 aromatic rings. The monoisotopic (exact) mass is 257 g/mol. The second kappa shape index (κ2) is 4.14. The first-order valence-corrected chi connectivity index (χ1v) is 6.53. The number of hydrogen-bond acceptors (Lipinski definition) is 2. The van der Waals surface area contributed by atoms with E-state index in [1.54, 1.807) is 0 Å². The highest BCUT2D eigenvalue weighted by atomic mass is 16.1. The van der Waals surface area contributed by atoms with Crippen LogP contribution in [0.2, 0.25) is 0 Å². The van der Waals surface area contributed by atoms with Crippen LogP contribution in [0.5, 0.6) is 0 Å². The zero-order chi connectivity index (χ0) is 13.5. The van der Waals surface area contributed by atoms with E-state index in [4.69, 9.17) is 4.98 Å². The lowest BCUT2D eigenvalue weighted by Gasteiger charge is -2.06. The van der Waals surface area contributed by atoms with Gasteiger partial charge in [-0.1, -0.05) is 42.5 Å². The molecule has 4 rings (SSSR count). The van der Waals surface area contributed by atoms with E-state index in [1.165, 1.54) is 0 Å². The molecule has 0 aliphatic rings.